The van der Waals surface area contributed by atoms with Crippen molar-refractivity contribution in [3.8, 4) is 11.4 Å². The summed E-state index contributed by atoms with van der Waals surface area (Å²) in [6.45, 7) is 2.11. The molecule has 5 nitrogen and oxygen atoms in total. The number of aromatic nitrogens is 3. The minimum Gasteiger partial charge on any atom is -0.477 e. The molecule has 0 spiro atoms. The predicted octanol–water partition coefficient (Wildman–Crippen LogP) is 4.87. The highest BCUT2D eigenvalue weighted by Gasteiger charge is 2.22. The van der Waals surface area contributed by atoms with Crippen LogP contribution in [0.4, 0.5) is 0 Å². The van der Waals surface area contributed by atoms with Gasteiger partial charge in [0.2, 0.25) is 0 Å². The summed E-state index contributed by atoms with van der Waals surface area (Å²) >= 11 is 7.71. The van der Waals surface area contributed by atoms with Gasteiger partial charge in [0.1, 0.15) is 5.82 Å². The summed E-state index contributed by atoms with van der Waals surface area (Å²) in [5.74, 6) is -0.460. The van der Waals surface area contributed by atoms with Crippen molar-refractivity contribution in [2.24, 2.45) is 0 Å². The van der Waals surface area contributed by atoms with Crippen LogP contribution in [0.1, 0.15) is 21.7 Å². The predicted molar refractivity (Wildman–Crippen MR) is 103 cm³/mol. The van der Waals surface area contributed by atoms with Gasteiger partial charge in [-0.05, 0) is 35.4 Å². The van der Waals surface area contributed by atoms with Crippen LogP contribution < -0.4 is 0 Å². The number of carbonyl (C=O) groups is 1. The first-order chi connectivity index (χ1) is 12.5. The number of carboxylic acids is 1. The molecule has 0 atom stereocenters. The van der Waals surface area contributed by atoms with Crippen molar-refractivity contribution in [1.82, 2.24) is 14.5 Å². The van der Waals surface area contributed by atoms with E-state index in [2.05, 4.69) is 22.1 Å². The van der Waals surface area contributed by atoms with E-state index in [0.717, 1.165) is 15.6 Å². The van der Waals surface area contributed by atoms with Gasteiger partial charge in [0, 0.05) is 22.7 Å². The van der Waals surface area contributed by atoms with Crippen LogP contribution in [0, 0.1) is 6.92 Å². The van der Waals surface area contributed by atoms with Crippen LogP contribution in [0.25, 0.3) is 21.5 Å². The highest BCUT2D eigenvalue weighted by Crippen LogP contribution is 2.29. The Morgan fingerprint density at radius 2 is 2.15 bits per heavy atom. The van der Waals surface area contributed by atoms with Gasteiger partial charge in [-0.25, -0.2) is 9.78 Å². The van der Waals surface area contributed by atoms with E-state index >= 15 is 0 Å². The highest BCUT2D eigenvalue weighted by atomic mass is 35.5. The number of hydrogen-bond donors (Lipinski definition) is 1. The van der Waals surface area contributed by atoms with Crippen molar-refractivity contribution in [2.45, 2.75) is 13.5 Å². The lowest BCUT2D eigenvalue weighted by Crippen LogP contribution is -2.12. The van der Waals surface area contributed by atoms with Gasteiger partial charge < -0.3 is 9.67 Å². The van der Waals surface area contributed by atoms with Crippen LogP contribution in [0.15, 0.2) is 48.1 Å². The number of imidazole rings is 1. The molecule has 0 saturated carbocycles. The van der Waals surface area contributed by atoms with Gasteiger partial charge in [-0.3, -0.25) is 4.98 Å². The number of aryl methyl sites for hydroxylation is 1. The molecule has 0 bridgehead atoms. The number of rotatable bonds is 4. The number of thiophene rings is 1. The first kappa shape index (κ1) is 16.8. The highest BCUT2D eigenvalue weighted by molar-refractivity contribution is 7.17. The summed E-state index contributed by atoms with van der Waals surface area (Å²) in [6.07, 6.45) is 3.18. The molecule has 4 aromatic rings. The number of aromatic carboxylic acids is 1. The van der Waals surface area contributed by atoms with Crippen molar-refractivity contribution < 1.29 is 9.90 Å². The van der Waals surface area contributed by atoms with Gasteiger partial charge in [-0.2, -0.15) is 0 Å². The third-order valence-corrected chi connectivity index (χ3v) is 5.41. The topological polar surface area (TPSA) is 68.0 Å². The molecule has 3 heterocycles. The maximum absolute atomic E-state index is 11.9. The van der Waals surface area contributed by atoms with Gasteiger partial charge in [-0.1, -0.05) is 29.8 Å². The van der Waals surface area contributed by atoms with Crippen molar-refractivity contribution in [1.29, 1.82) is 0 Å². The average Bonchev–Trinajstić information content (AvgIpc) is 3.20. The fourth-order valence-corrected chi connectivity index (χ4v) is 4.18. The zero-order valence-corrected chi connectivity index (χ0v) is 15.4. The normalized spacial score (nSPS) is 11.2. The van der Waals surface area contributed by atoms with E-state index in [1.165, 1.54) is 6.20 Å². The zero-order valence-electron chi connectivity index (χ0n) is 13.8. The Balaban J connectivity index is 1.91. The van der Waals surface area contributed by atoms with Crippen molar-refractivity contribution >= 4 is 39.0 Å². The number of nitrogens with zero attached hydrogens (tertiary/aromatic N) is 3. The third kappa shape index (κ3) is 2.87. The quantitative estimate of drug-likeness (QED) is 0.546. The van der Waals surface area contributed by atoms with E-state index in [4.69, 9.17) is 11.6 Å². The molecule has 0 aliphatic carbocycles. The summed E-state index contributed by atoms with van der Waals surface area (Å²) in [5, 5.41) is 13.4. The molecule has 26 heavy (non-hydrogen) atoms. The molecular formula is C19H14ClN3O2S. The minimum absolute atomic E-state index is 0.175. The second-order valence-corrected chi connectivity index (χ2v) is 7.26. The van der Waals surface area contributed by atoms with Crippen molar-refractivity contribution in [3.05, 3.63) is 70.1 Å². The minimum atomic E-state index is -1.01. The van der Waals surface area contributed by atoms with E-state index in [1.54, 1.807) is 35.1 Å². The lowest BCUT2D eigenvalue weighted by molar-refractivity contribution is 0.0685. The van der Waals surface area contributed by atoms with E-state index in [1.807, 2.05) is 17.5 Å². The van der Waals surface area contributed by atoms with Gasteiger partial charge in [0.15, 0.2) is 5.69 Å². The van der Waals surface area contributed by atoms with Gasteiger partial charge >= 0.3 is 5.97 Å². The number of pyridine rings is 1. The van der Waals surface area contributed by atoms with Crippen LogP contribution >= 0.6 is 22.9 Å². The first-order valence-electron chi connectivity index (χ1n) is 7.91. The average molecular weight is 384 g/mol. The Kier molecular flexibility index (Phi) is 4.22. The standard InChI is InChI=1S/C19H14ClN3O2S/c1-11-16(19(24)25)23(18(22-11)14-7-15(20)9-21-8-14)10-13-4-2-3-12-5-6-26-17(12)13/h2-9H,10H2,1H3,(H,24,25). The summed E-state index contributed by atoms with van der Waals surface area (Å²) in [5.41, 5.74) is 2.37. The monoisotopic (exact) mass is 383 g/mol. The summed E-state index contributed by atoms with van der Waals surface area (Å²) in [7, 11) is 0. The second kappa shape index (κ2) is 6.55. The van der Waals surface area contributed by atoms with Crippen LogP contribution in [-0.4, -0.2) is 25.6 Å². The Labute approximate surface area is 158 Å². The lowest BCUT2D eigenvalue weighted by Gasteiger charge is -2.11. The Hall–Kier alpha value is -2.70. The maximum atomic E-state index is 11.9. The molecule has 130 valence electrons. The fraction of sp³-hybridized carbons (Fsp3) is 0.105. The van der Waals surface area contributed by atoms with Crippen LogP contribution in [0.2, 0.25) is 5.02 Å². The molecular weight excluding hydrogens is 370 g/mol. The Bertz CT molecular complexity index is 1130. The van der Waals surface area contributed by atoms with Crippen molar-refractivity contribution in [3.63, 3.8) is 0 Å². The Morgan fingerprint density at radius 1 is 1.31 bits per heavy atom. The molecule has 3 aromatic heterocycles. The van der Waals surface area contributed by atoms with Crippen LogP contribution in [-0.2, 0) is 6.54 Å². The van der Waals surface area contributed by atoms with E-state index < -0.39 is 5.97 Å². The summed E-state index contributed by atoms with van der Waals surface area (Å²) in [4.78, 5) is 20.5. The molecule has 0 amide bonds. The van der Waals surface area contributed by atoms with Gasteiger partial charge in [-0.15, -0.1) is 11.3 Å². The fourth-order valence-electron chi connectivity index (χ4n) is 3.10. The molecule has 0 saturated heterocycles. The molecule has 4 rings (SSSR count). The first-order valence-corrected chi connectivity index (χ1v) is 9.17. The van der Waals surface area contributed by atoms with E-state index in [-0.39, 0.29) is 5.69 Å². The summed E-state index contributed by atoms with van der Waals surface area (Å²) in [6, 6.07) is 9.84. The smallest absolute Gasteiger partial charge is 0.354 e. The molecule has 1 N–H and O–H groups in total. The molecule has 0 unspecified atom stereocenters. The molecule has 0 aliphatic heterocycles. The SMILES string of the molecule is Cc1nc(-c2cncc(Cl)c2)n(Cc2cccc3ccsc23)c1C(=O)O. The largest absolute Gasteiger partial charge is 0.477 e. The molecule has 0 aliphatic rings. The third-order valence-electron chi connectivity index (χ3n) is 4.20. The second-order valence-electron chi connectivity index (χ2n) is 5.91. The summed E-state index contributed by atoms with van der Waals surface area (Å²) < 4.78 is 2.87. The number of benzene rings is 1. The number of carboxylic acid groups (broad SMARTS) is 1. The maximum Gasteiger partial charge on any atom is 0.354 e. The molecule has 0 radical (unpaired) electrons. The van der Waals surface area contributed by atoms with Crippen molar-refractivity contribution in [2.75, 3.05) is 0 Å². The van der Waals surface area contributed by atoms with Gasteiger partial charge in [0.25, 0.3) is 0 Å². The number of hydrogen-bond acceptors (Lipinski definition) is 4. The van der Waals surface area contributed by atoms with Gasteiger partial charge in [0.05, 0.1) is 17.3 Å². The molecule has 7 heteroatoms. The van der Waals surface area contributed by atoms with Crippen LogP contribution in [0.3, 0.4) is 0 Å². The molecule has 1 aromatic carbocycles. The number of halogens is 1. The van der Waals surface area contributed by atoms with Crippen LogP contribution in [0.5, 0.6) is 0 Å². The van der Waals surface area contributed by atoms with E-state index in [0.29, 0.717) is 28.6 Å². The number of fused-ring (bicyclic) bond motifs is 1. The Morgan fingerprint density at radius 3 is 2.92 bits per heavy atom. The molecule has 0 fully saturated rings. The lowest BCUT2D eigenvalue weighted by atomic mass is 10.1. The zero-order chi connectivity index (χ0) is 18.3. The van der Waals surface area contributed by atoms with E-state index in [9.17, 15) is 9.90 Å².